The zero-order valence-corrected chi connectivity index (χ0v) is 10.1. The molecule has 0 saturated heterocycles. The summed E-state index contributed by atoms with van der Waals surface area (Å²) < 4.78 is 5.02. The lowest BCUT2D eigenvalue weighted by Crippen LogP contribution is -2.00. The van der Waals surface area contributed by atoms with Crippen LogP contribution < -0.4 is 4.74 Å². The van der Waals surface area contributed by atoms with Crippen LogP contribution in [-0.2, 0) is 0 Å². The van der Waals surface area contributed by atoms with Crippen LogP contribution in [0, 0.1) is 0 Å². The molecule has 0 unspecified atom stereocenters. The van der Waals surface area contributed by atoms with Crippen LogP contribution in [0.4, 0.5) is 0 Å². The Hall–Kier alpha value is -0.540. The van der Waals surface area contributed by atoms with Gasteiger partial charge in [-0.25, -0.2) is 0 Å². The van der Waals surface area contributed by atoms with Gasteiger partial charge in [-0.3, -0.25) is 4.79 Å². The molecule has 1 aromatic carbocycles. The fraction of sp³-hybridized carbons (Fsp3) is 0.300. The molecule has 0 fully saturated rings. The number of ketones is 1. The van der Waals surface area contributed by atoms with Crippen LogP contribution in [0.15, 0.2) is 18.2 Å². The Morgan fingerprint density at radius 3 is 2.86 bits per heavy atom. The fourth-order valence-corrected chi connectivity index (χ4v) is 1.62. The molecule has 0 aliphatic heterocycles. The Kier molecular flexibility index (Phi) is 4.42. The SMILES string of the molecule is COc1cc(C(=O)CCBr)ccc1Cl. The van der Waals surface area contributed by atoms with Gasteiger partial charge < -0.3 is 4.74 Å². The minimum atomic E-state index is 0.0804. The predicted octanol–water partition coefficient (Wildman–Crippen LogP) is 3.32. The molecule has 1 aromatic rings. The third-order valence-corrected chi connectivity index (χ3v) is 2.50. The van der Waals surface area contributed by atoms with E-state index in [0.29, 0.717) is 28.1 Å². The number of rotatable bonds is 4. The van der Waals surface area contributed by atoms with E-state index < -0.39 is 0 Å². The third kappa shape index (κ3) is 2.72. The van der Waals surface area contributed by atoms with Gasteiger partial charge in [-0.2, -0.15) is 0 Å². The van der Waals surface area contributed by atoms with Crippen LogP contribution in [0.2, 0.25) is 5.02 Å². The molecule has 2 nitrogen and oxygen atoms in total. The maximum Gasteiger partial charge on any atom is 0.163 e. The molecule has 14 heavy (non-hydrogen) atoms. The largest absolute Gasteiger partial charge is 0.495 e. The summed E-state index contributed by atoms with van der Waals surface area (Å²) in [5.41, 5.74) is 0.630. The lowest BCUT2D eigenvalue weighted by Gasteiger charge is -2.04. The van der Waals surface area contributed by atoms with Gasteiger partial charge in [0.1, 0.15) is 5.75 Å². The molecule has 1 rings (SSSR count). The molecule has 0 aliphatic rings. The molecule has 0 saturated carbocycles. The summed E-state index contributed by atoms with van der Waals surface area (Å²) in [6.07, 6.45) is 0.477. The summed E-state index contributed by atoms with van der Waals surface area (Å²) >= 11 is 9.05. The molecule has 0 heterocycles. The molecule has 0 aromatic heterocycles. The quantitative estimate of drug-likeness (QED) is 0.623. The van der Waals surface area contributed by atoms with Crippen molar-refractivity contribution < 1.29 is 9.53 Å². The van der Waals surface area contributed by atoms with E-state index in [1.165, 1.54) is 7.11 Å². The van der Waals surface area contributed by atoms with E-state index in [0.717, 1.165) is 0 Å². The van der Waals surface area contributed by atoms with Crippen molar-refractivity contribution in [1.29, 1.82) is 0 Å². The van der Waals surface area contributed by atoms with Gasteiger partial charge in [0, 0.05) is 17.3 Å². The van der Waals surface area contributed by atoms with Crippen molar-refractivity contribution in [3.8, 4) is 5.75 Å². The van der Waals surface area contributed by atoms with Crippen molar-refractivity contribution in [2.75, 3.05) is 12.4 Å². The standard InChI is InChI=1S/C10H10BrClO2/c1-14-10-6-7(2-3-8(10)12)9(13)4-5-11/h2-3,6H,4-5H2,1H3. The van der Waals surface area contributed by atoms with Crippen molar-refractivity contribution in [2.24, 2.45) is 0 Å². The minimum Gasteiger partial charge on any atom is -0.495 e. The van der Waals surface area contributed by atoms with Gasteiger partial charge in [-0.1, -0.05) is 27.5 Å². The smallest absolute Gasteiger partial charge is 0.163 e. The second kappa shape index (κ2) is 5.37. The first-order chi connectivity index (χ1) is 6.69. The second-order valence-corrected chi connectivity index (χ2v) is 3.91. The monoisotopic (exact) mass is 276 g/mol. The van der Waals surface area contributed by atoms with Gasteiger partial charge >= 0.3 is 0 Å². The van der Waals surface area contributed by atoms with Gasteiger partial charge in [0.15, 0.2) is 5.78 Å². The molecule has 0 N–H and O–H groups in total. The maximum atomic E-state index is 11.5. The average Bonchev–Trinajstić information content (AvgIpc) is 2.19. The number of hydrogen-bond donors (Lipinski definition) is 0. The number of ether oxygens (including phenoxy) is 1. The van der Waals surface area contributed by atoms with E-state index >= 15 is 0 Å². The molecular formula is C10H10BrClO2. The van der Waals surface area contributed by atoms with Crippen LogP contribution in [-0.4, -0.2) is 18.2 Å². The van der Waals surface area contributed by atoms with E-state index in [4.69, 9.17) is 16.3 Å². The fourth-order valence-electron chi connectivity index (χ4n) is 1.06. The Balaban J connectivity index is 2.94. The summed E-state index contributed by atoms with van der Waals surface area (Å²) in [5, 5.41) is 1.18. The van der Waals surface area contributed by atoms with Gasteiger partial charge in [0.2, 0.25) is 0 Å². The highest BCUT2D eigenvalue weighted by Crippen LogP contribution is 2.25. The first kappa shape index (κ1) is 11.5. The molecule has 0 bridgehead atoms. The van der Waals surface area contributed by atoms with Crippen LogP contribution in [0.25, 0.3) is 0 Å². The number of Topliss-reactive ketones (excluding diaryl/α,β-unsaturated/α-hetero) is 1. The van der Waals surface area contributed by atoms with E-state index in [1.54, 1.807) is 18.2 Å². The highest BCUT2D eigenvalue weighted by Gasteiger charge is 2.08. The van der Waals surface area contributed by atoms with Crippen molar-refractivity contribution >= 4 is 33.3 Å². The molecule has 4 heteroatoms. The van der Waals surface area contributed by atoms with E-state index in [2.05, 4.69) is 15.9 Å². The number of methoxy groups -OCH3 is 1. The average molecular weight is 278 g/mol. The molecule has 76 valence electrons. The van der Waals surface area contributed by atoms with Crippen LogP contribution in [0.3, 0.4) is 0 Å². The van der Waals surface area contributed by atoms with E-state index in [9.17, 15) is 4.79 Å². The second-order valence-electron chi connectivity index (χ2n) is 2.71. The highest BCUT2D eigenvalue weighted by molar-refractivity contribution is 9.09. The lowest BCUT2D eigenvalue weighted by molar-refractivity contribution is 0.0989. The van der Waals surface area contributed by atoms with Crippen LogP contribution >= 0.6 is 27.5 Å². The first-order valence-corrected chi connectivity index (χ1v) is 5.61. The highest BCUT2D eigenvalue weighted by atomic mass is 79.9. The summed E-state index contributed by atoms with van der Waals surface area (Å²) in [5.74, 6) is 0.615. The van der Waals surface area contributed by atoms with Gasteiger partial charge in [0.05, 0.1) is 12.1 Å². The zero-order chi connectivity index (χ0) is 10.6. The minimum absolute atomic E-state index is 0.0804. The first-order valence-electron chi connectivity index (χ1n) is 4.11. The summed E-state index contributed by atoms with van der Waals surface area (Å²) in [6, 6.07) is 5.03. The molecule has 0 atom stereocenters. The van der Waals surface area contributed by atoms with Crippen molar-refractivity contribution in [2.45, 2.75) is 6.42 Å². The Bertz CT molecular complexity index is 339. The van der Waals surface area contributed by atoms with Gasteiger partial charge in [-0.15, -0.1) is 0 Å². The normalized spacial score (nSPS) is 9.93. The number of carbonyl (C=O) groups excluding carboxylic acids is 1. The molecule has 0 amide bonds. The molecule has 0 aliphatic carbocycles. The maximum absolute atomic E-state index is 11.5. The molecule has 0 radical (unpaired) electrons. The topological polar surface area (TPSA) is 26.3 Å². The van der Waals surface area contributed by atoms with Crippen LogP contribution in [0.5, 0.6) is 5.75 Å². The number of benzene rings is 1. The Morgan fingerprint density at radius 2 is 2.29 bits per heavy atom. The lowest BCUT2D eigenvalue weighted by atomic mass is 10.1. The predicted molar refractivity (Wildman–Crippen MR) is 60.7 cm³/mol. The van der Waals surface area contributed by atoms with Crippen molar-refractivity contribution in [3.63, 3.8) is 0 Å². The zero-order valence-electron chi connectivity index (χ0n) is 7.72. The summed E-state index contributed by atoms with van der Waals surface area (Å²) in [7, 11) is 1.53. The van der Waals surface area contributed by atoms with Gasteiger partial charge in [0.25, 0.3) is 0 Å². The Morgan fingerprint density at radius 1 is 1.57 bits per heavy atom. The summed E-state index contributed by atoms with van der Waals surface area (Å²) in [6.45, 7) is 0. The third-order valence-electron chi connectivity index (χ3n) is 1.79. The van der Waals surface area contributed by atoms with E-state index in [1.807, 2.05) is 0 Å². The van der Waals surface area contributed by atoms with Crippen molar-refractivity contribution in [1.82, 2.24) is 0 Å². The molecule has 0 spiro atoms. The number of carbonyl (C=O) groups is 1. The number of halogens is 2. The van der Waals surface area contributed by atoms with Crippen molar-refractivity contribution in [3.05, 3.63) is 28.8 Å². The molecular weight excluding hydrogens is 267 g/mol. The van der Waals surface area contributed by atoms with Crippen LogP contribution in [0.1, 0.15) is 16.8 Å². The van der Waals surface area contributed by atoms with E-state index in [-0.39, 0.29) is 5.78 Å². The summed E-state index contributed by atoms with van der Waals surface area (Å²) in [4.78, 5) is 11.5. The number of alkyl halides is 1. The number of hydrogen-bond acceptors (Lipinski definition) is 2. The van der Waals surface area contributed by atoms with Gasteiger partial charge in [-0.05, 0) is 18.2 Å². The Labute approximate surface area is 96.3 Å².